The quantitative estimate of drug-likeness (QED) is 0.823. The SMILES string of the molecule is CCC[C@H](C)NC(=O)[C@H]1CCCN(S(=O)(=O)c2ccc3ccccc3c2)C1. The van der Waals surface area contributed by atoms with Gasteiger partial charge in [-0.15, -0.1) is 0 Å². The van der Waals surface area contributed by atoms with Crippen molar-refractivity contribution in [2.75, 3.05) is 13.1 Å². The second-order valence-corrected chi connectivity index (χ2v) is 9.35. The summed E-state index contributed by atoms with van der Waals surface area (Å²) in [4.78, 5) is 12.8. The fourth-order valence-electron chi connectivity index (χ4n) is 3.72. The number of piperidine rings is 1. The van der Waals surface area contributed by atoms with Crippen LogP contribution in [0.4, 0.5) is 0 Å². The standard InChI is InChI=1S/C21H28N2O3S/c1-3-7-16(2)22-21(24)19-10-6-13-23(15-19)27(25,26)20-12-11-17-8-4-5-9-18(17)14-20/h4-5,8-9,11-12,14,16,19H,3,6-7,10,13,15H2,1-2H3,(H,22,24)/t16-,19-/m0/s1. The summed E-state index contributed by atoms with van der Waals surface area (Å²) in [5.74, 6) is -0.317. The lowest BCUT2D eigenvalue weighted by Gasteiger charge is -2.32. The number of hydrogen-bond donors (Lipinski definition) is 1. The van der Waals surface area contributed by atoms with Crippen LogP contribution in [0, 0.1) is 5.92 Å². The lowest BCUT2D eigenvalue weighted by Crippen LogP contribution is -2.47. The summed E-state index contributed by atoms with van der Waals surface area (Å²) in [6, 6.07) is 13.0. The lowest BCUT2D eigenvalue weighted by molar-refractivity contribution is -0.126. The van der Waals surface area contributed by atoms with E-state index in [1.165, 1.54) is 4.31 Å². The molecule has 5 nitrogen and oxygen atoms in total. The minimum atomic E-state index is -3.61. The molecule has 1 N–H and O–H groups in total. The first kappa shape index (κ1) is 19.8. The van der Waals surface area contributed by atoms with Crippen LogP contribution in [0.25, 0.3) is 10.8 Å². The van der Waals surface area contributed by atoms with Crippen molar-refractivity contribution in [2.24, 2.45) is 5.92 Å². The van der Waals surface area contributed by atoms with E-state index < -0.39 is 10.0 Å². The molecule has 6 heteroatoms. The highest BCUT2D eigenvalue weighted by Gasteiger charge is 2.33. The average Bonchev–Trinajstić information content (AvgIpc) is 2.67. The van der Waals surface area contributed by atoms with E-state index in [9.17, 15) is 13.2 Å². The Hall–Kier alpha value is -1.92. The van der Waals surface area contributed by atoms with E-state index in [1.54, 1.807) is 12.1 Å². The second kappa shape index (κ2) is 8.40. The highest BCUT2D eigenvalue weighted by Crippen LogP contribution is 2.26. The summed E-state index contributed by atoms with van der Waals surface area (Å²) in [7, 11) is -3.61. The average molecular weight is 389 g/mol. The largest absolute Gasteiger partial charge is 0.353 e. The predicted molar refractivity (Wildman–Crippen MR) is 108 cm³/mol. The number of sulfonamides is 1. The second-order valence-electron chi connectivity index (χ2n) is 7.41. The van der Waals surface area contributed by atoms with Gasteiger partial charge in [0.15, 0.2) is 0 Å². The molecule has 0 unspecified atom stereocenters. The Bertz CT molecular complexity index is 911. The van der Waals surface area contributed by atoms with Crippen LogP contribution >= 0.6 is 0 Å². The number of carbonyl (C=O) groups excluding carboxylic acids is 1. The molecule has 1 heterocycles. The molecule has 1 aliphatic heterocycles. The molecular formula is C21H28N2O3S. The number of carbonyl (C=O) groups is 1. The first-order valence-electron chi connectivity index (χ1n) is 9.71. The van der Waals surface area contributed by atoms with Crippen LogP contribution in [-0.2, 0) is 14.8 Å². The van der Waals surface area contributed by atoms with Gasteiger partial charge in [0.2, 0.25) is 15.9 Å². The Kier molecular flexibility index (Phi) is 6.17. The van der Waals surface area contributed by atoms with Crippen molar-refractivity contribution in [1.29, 1.82) is 0 Å². The van der Waals surface area contributed by atoms with Gasteiger partial charge in [0.1, 0.15) is 0 Å². The van der Waals surface area contributed by atoms with E-state index in [0.717, 1.165) is 30.0 Å². The number of rotatable bonds is 6. The molecule has 2 aromatic carbocycles. The number of nitrogens with zero attached hydrogens (tertiary/aromatic N) is 1. The van der Waals surface area contributed by atoms with Crippen LogP contribution in [0.2, 0.25) is 0 Å². The van der Waals surface area contributed by atoms with E-state index in [-0.39, 0.29) is 24.4 Å². The molecule has 0 aliphatic carbocycles. The molecule has 27 heavy (non-hydrogen) atoms. The number of benzene rings is 2. The number of hydrogen-bond acceptors (Lipinski definition) is 3. The van der Waals surface area contributed by atoms with Crippen molar-refractivity contribution >= 4 is 26.7 Å². The predicted octanol–water partition coefficient (Wildman–Crippen LogP) is 3.55. The normalized spacial score (nSPS) is 19.7. The molecule has 3 rings (SSSR count). The molecule has 1 aliphatic rings. The minimum Gasteiger partial charge on any atom is -0.353 e. The van der Waals surface area contributed by atoms with Gasteiger partial charge in [0, 0.05) is 19.1 Å². The summed E-state index contributed by atoms with van der Waals surface area (Å²) < 4.78 is 27.7. The van der Waals surface area contributed by atoms with E-state index in [0.29, 0.717) is 17.9 Å². The summed E-state index contributed by atoms with van der Waals surface area (Å²) in [6.07, 6.45) is 3.37. The lowest BCUT2D eigenvalue weighted by atomic mass is 9.98. The van der Waals surface area contributed by atoms with Crippen LogP contribution in [0.5, 0.6) is 0 Å². The maximum atomic E-state index is 13.1. The Balaban J connectivity index is 1.76. The number of fused-ring (bicyclic) bond motifs is 1. The minimum absolute atomic E-state index is 0.0330. The van der Waals surface area contributed by atoms with E-state index in [4.69, 9.17) is 0 Å². The van der Waals surface area contributed by atoms with Gasteiger partial charge in [0.05, 0.1) is 10.8 Å². The summed E-state index contributed by atoms with van der Waals surface area (Å²) in [5, 5.41) is 4.94. The molecule has 0 saturated carbocycles. The van der Waals surface area contributed by atoms with Crippen LogP contribution in [0.1, 0.15) is 39.5 Å². The van der Waals surface area contributed by atoms with Crippen LogP contribution in [0.15, 0.2) is 47.4 Å². The number of amides is 1. The molecule has 146 valence electrons. The smallest absolute Gasteiger partial charge is 0.243 e. The third kappa shape index (κ3) is 4.50. The fourth-order valence-corrected chi connectivity index (χ4v) is 5.28. The zero-order valence-electron chi connectivity index (χ0n) is 16.0. The molecule has 2 atom stereocenters. The maximum Gasteiger partial charge on any atom is 0.243 e. The first-order valence-corrected chi connectivity index (χ1v) is 11.1. The molecule has 1 saturated heterocycles. The molecule has 0 spiro atoms. The molecular weight excluding hydrogens is 360 g/mol. The van der Waals surface area contributed by atoms with Gasteiger partial charge in [-0.1, -0.05) is 43.7 Å². The van der Waals surface area contributed by atoms with Crippen LogP contribution < -0.4 is 5.32 Å². The Morgan fingerprint density at radius 3 is 2.70 bits per heavy atom. The molecule has 0 aromatic heterocycles. The van der Waals surface area contributed by atoms with Crippen molar-refractivity contribution in [3.63, 3.8) is 0 Å². The van der Waals surface area contributed by atoms with Crippen molar-refractivity contribution in [1.82, 2.24) is 9.62 Å². The van der Waals surface area contributed by atoms with Crippen molar-refractivity contribution in [3.05, 3.63) is 42.5 Å². The van der Waals surface area contributed by atoms with Gasteiger partial charge >= 0.3 is 0 Å². The van der Waals surface area contributed by atoms with Crippen molar-refractivity contribution < 1.29 is 13.2 Å². The van der Waals surface area contributed by atoms with Gasteiger partial charge in [-0.3, -0.25) is 4.79 Å². The zero-order chi connectivity index (χ0) is 19.4. The summed E-state index contributed by atoms with van der Waals surface area (Å²) in [5.41, 5.74) is 0. The molecule has 1 fully saturated rings. The molecule has 0 bridgehead atoms. The van der Waals surface area contributed by atoms with Gasteiger partial charge in [-0.2, -0.15) is 4.31 Å². The maximum absolute atomic E-state index is 13.1. The monoisotopic (exact) mass is 388 g/mol. The Morgan fingerprint density at radius 1 is 1.22 bits per heavy atom. The van der Waals surface area contributed by atoms with Crippen molar-refractivity contribution in [3.8, 4) is 0 Å². The topological polar surface area (TPSA) is 66.5 Å². The van der Waals surface area contributed by atoms with Gasteiger partial charge in [-0.25, -0.2) is 8.42 Å². The Labute approximate surface area is 161 Å². The number of nitrogens with one attached hydrogen (secondary N) is 1. The first-order chi connectivity index (χ1) is 12.9. The Morgan fingerprint density at radius 2 is 1.96 bits per heavy atom. The molecule has 0 radical (unpaired) electrons. The van der Waals surface area contributed by atoms with Crippen LogP contribution in [0.3, 0.4) is 0 Å². The van der Waals surface area contributed by atoms with Crippen molar-refractivity contribution in [2.45, 2.75) is 50.5 Å². The summed E-state index contributed by atoms with van der Waals surface area (Å²) in [6.45, 7) is 4.79. The zero-order valence-corrected chi connectivity index (χ0v) is 16.8. The third-order valence-corrected chi connectivity index (χ3v) is 7.09. The summed E-state index contributed by atoms with van der Waals surface area (Å²) >= 11 is 0. The van der Waals surface area contributed by atoms with E-state index in [2.05, 4.69) is 12.2 Å². The van der Waals surface area contributed by atoms with E-state index in [1.807, 2.05) is 37.3 Å². The van der Waals surface area contributed by atoms with Gasteiger partial charge < -0.3 is 5.32 Å². The van der Waals surface area contributed by atoms with Gasteiger partial charge in [-0.05, 0) is 49.1 Å². The third-order valence-electron chi connectivity index (χ3n) is 5.22. The highest BCUT2D eigenvalue weighted by atomic mass is 32.2. The highest BCUT2D eigenvalue weighted by molar-refractivity contribution is 7.89. The van der Waals surface area contributed by atoms with Crippen LogP contribution in [-0.4, -0.2) is 37.8 Å². The fraction of sp³-hybridized carbons (Fsp3) is 0.476. The van der Waals surface area contributed by atoms with Gasteiger partial charge in [0.25, 0.3) is 0 Å². The molecule has 1 amide bonds. The molecule has 2 aromatic rings. The van der Waals surface area contributed by atoms with E-state index >= 15 is 0 Å².